The van der Waals surface area contributed by atoms with Gasteiger partial charge in [0.05, 0.1) is 0 Å². The van der Waals surface area contributed by atoms with Crippen molar-refractivity contribution in [2.45, 2.75) is 37.8 Å². The zero-order chi connectivity index (χ0) is 14.8. The molecule has 1 aliphatic rings. The van der Waals surface area contributed by atoms with E-state index in [1.54, 1.807) is 12.1 Å². The number of rotatable bonds is 4. The van der Waals surface area contributed by atoms with E-state index in [2.05, 4.69) is 18.3 Å². The average Bonchev–Trinajstić information content (AvgIpc) is 2.43. The van der Waals surface area contributed by atoms with Crippen LogP contribution in [0.2, 0.25) is 5.02 Å². The standard InChI is InChI=1S/C18H19ClFN/c1-12(13-5-4-6-15(20)9-13)21-16-10-14(11-16)17-7-2-3-8-18(17)19/h2-9,12,14,16,21H,10-11H2,1H3. The van der Waals surface area contributed by atoms with Gasteiger partial charge in [0.1, 0.15) is 5.82 Å². The first-order valence-corrected chi connectivity index (χ1v) is 7.77. The highest BCUT2D eigenvalue weighted by atomic mass is 35.5. The van der Waals surface area contributed by atoms with E-state index in [-0.39, 0.29) is 11.9 Å². The van der Waals surface area contributed by atoms with Crippen LogP contribution in [0.3, 0.4) is 0 Å². The SMILES string of the molecule is CC(NC1CC(c2ccccc2Cl)C1)c1cccc(F)c1. The Hall–Kier alpha value is -1.38. The highest BCUT2D eigenvalue weighted by Gasteiger charge is 2.32. The Morgan fingerprint density at radius 2 is 1.90 bits per heavy atom. The van der Waals surface area contributed by atoms with Gasteiger partial charge in [0.15, 0.2) is 0 Å². The first-order valence-electron chi connectivity index (χ1n) is 7.39. The molecular weight excluding hydrogens is 285 g/mol. The summed E-state index contributed by atoms with van der Waals surface area (Å²) in [4.78, 5) is 0. The van der Waals surface area contributed by atoms with Crippen molar-refractivity contribution in [2.75, 3.05) is 0 Å². The van der Waals surface area contributed by atoms with Gasteiger partial charge in [0.2, 0.25) is 0 Å². The average molecular weight is 304 g/mol. The fraction of sp³-hybridized carbons (Fsp3) is 0.333. The number of hydrogen-bond acceptors (Lipinski definition) is 1. The molecule has 1 fully saturated rings. The largest absolute Gasteiger partial charge is 0.307 e. The predicted molar refractivity (Wildman–Crippen MR) is 85.2 cm³/mol. The Labute approximate surface area is 130 Å². The fourth-order valence-corrected chi connectivity index (χ4v) is 3.33. The molecule has 0 spiro atoms. The molecule has 3 heteroatoms. The lowest BCUT2D eigenvalue weighted by molar-refractivity contribution is 0.271. The lowest BCUT2D eigenvalue weighted by Gasteiger charge is -2.38. The minimum Gasteiger partial charge on any atom is -0.307 e. The van der Waals surface area contributed by atoms with Crippen molar-refractivity contribution >= 4 is 11.6 Å². The van der Waals surface area contributed by atoms with Gasteiger partial charge in [-0.15, -0.1) is 0 Å². The molecule has 0 saturated heterocycles. The normalized spacial score (nSPS) is 22.6. The van der Waals surface area contributed by atoms with Gasteiger partial charge in [-0.1, -0.05) is 41.9 Å². The Morgan fingerprint density at radius 3 is 2.62 bits per heavy atom. The molecule has 1 aliphatic carbocycles. The Kier molecular flexibility index (Phi) is 4.27. The second-order valence-electron chi connectivity index (χ2n) is 5.83. The number of halogens is 2. The third-order valence-corrected chi connectivity index (χ3v) is 4.66. The number of benzene rings is 2. The van der Waals surface area contributed by atoms with Crippen LogP contribution in [0.4, 0.5) is 4.39 Å². The molecule has 1 nitrogen and oxygen atoms in total. The number of nitrogens with one attached hydrogen (secondary N) is 1. The molecule has 1 atom stereocenters. The van der Waals surface area contributed by atoms with Crippen LogP contribution >= 0.6 is 11.6 Å². The summed E-state index contributed by atoms with van der Waals surface area (Å²) in [6, 6.07) is 15.5. The van der Waals surface area contributed by atoms with Gasteiger partial charge >= 0.3 is 0 Å². The van der Waals surface area contributed by atoms with Gasteiger partial charge in [-0.25, -0.2) is 4.39 Å². The molecular formula is C18H19ClFN. The summed E-state index contributed by atoms with van der Waals surface area (Å²) in [6.07, 6.45) is 2.17. The van der Waals surface area contributed by atoms with Crippen molar-refractivity contribution in [3.05, 3.63) is 70.5 Å². The summed E-state index contributed by atoms with van der Waals surface area (Å²) in [7, 11) is 0. The molecule has 0 bridgehead atoms. The van der Waals surface area contributed by atoms with Gasteiger partial charge < -0.3 is 5.32 Å². The molecule has 2 aromatic carbocycles. The van der Waals surface area contributed by atoms with E-state index in [4.69, 9.17) is 11.6 Å². The van der Waals surface area contributed by atoms with Gasteiger partial charge in [-0.3, -0.25) is 0 Å². The quantitative estimate of drug-likeness (QED) is 0.831. The van der Waals surface area contributed by atoms with E-state index in [1.165, 1.54) is 11.6 Å². The van der Waals surface area contributed by atoms with Crippen molar-refractivity contribution in [1.82, 2.24) is 5.32 Å². The molecule has 1 unspecified atom stereocenters. The summed E-state index contributed by atoms with van der Waals surface area (Å²) >= 11 is 6.24. The molecule has 110 valence electrons. The number of hydrogen-bond donors (Lipinski definition) is 1. The fourth-order valence-electron chi connectivity index (χ4n) is 3.04. The van der Waals surface area contributed by atoms with E-state index in [0.29, 0.717) is 12.0 Å². The van der Waals surface area contributed by atoms with Crippen LogP contribution in [0.15, 0.2) is 48.5 Å². The molecule has 0 heterocycles. The molecule has 1 N–H and O–H groups in total. The Bertz CT molecular complexity index is 622. The second kappa shape index (κ2) is 6.17. The molecule has 0 amide bonds. The van der Waals surface area contributed by atoms with E-state index in [9.17, 15) is 4.39 Å². The monoisotopic (exact) mass is 303 g/mol. The predicted octanol–water partition coefficient (Wildman–Crippen LogP) is 5.08. The van der Waals surface area contributed by atoms with Gasteiger partial charge in [-0.05, 0) is 55.0 Å². The summed E-state index contributed by atoms with van der Waals surface area (Å²) in [5.41, 5.74) is 2.24. The van der Waals surface area contributed by atoms with Gasteiger partial charge in [0, 0.05) is 17.1 Å². The van der Waals surface area contributed by atoms with Crippen LogP contribution in [-0.2, 0) is 0 Å². The lowest BCUT2D eigenvalue weighted by atomic mass is 9.75. The maximum atomic E-state index is 13.2. The van der Waals surface area contributed by atoms with Crippen LogP contribution in [0.5, 0.6) is 0 Å². The summed E-state index contributed by atoms with van der Waals surface area (Å²) in [5, 5.41) is 4.43. The highest BCUT2D eigenvalue weighted by molar-refractivity contribution is 6.31. The third kappa shape index (κ3) is 3.28. The molecule has 21 heavy (non-hydrogen) atoms. The highest BCUT2D eigenvalue weighted by Crippen LogP contribution is 2.40. The molecule has 0 aromatic heterocycles. The lowest BCUT2D eigenvalue weighted by Crippen LogP contribution is -2.41. The smallest absolute Gasteiger partial charge is 0.123 e. The zero-order valence-corrected chi connectivity index (χ0v) is 12.8. The van der Waals surface area contributed by atoms with Crippen molar-refractivity contribution in [1.29, 1.82) is 0 Å². The minimum atomic E-state index is -0.177. The Morgan fingerprint density at radius 1 is 1.14 bits per heavy atom. The third-order valence-electron chi connectivity index (χ3n) is 4.32. The van der Waals surface area contributed by atoms with Crippen molar-refractivity contribution in [3.8, 4) is 0 Å². The molecule has 3 rings (SSSR count). The van der Waals surface area contributed by atoms with Gasteiger partial charge in [-0.2, -0.15) is 0 Å². The zero-order valence-electron chi connectivity index (χ0n) is 12.0. The first-order chi connectivity index (χ1) is 10.1. The van der Waals surface area contributed by atoms with E-state index in [1.807, 2.05) is 24.3 Å². The molecule has 1 saturated carbocycles. The molecule has 0 radical (unpaired) electrons. The van der Waals surface area contributed by atoms with Crippen LogP contribution in [0, 0.1) is 5.82 Å². The van der Waals surface area contributed by atoms with E-state index in [0.717, 1.165) is 23.4 Å². The first kappa shape index (κ1) is 14.6. The summed E-state index contributed by atoms with van der Waals surface area (Å²) in [6.45, 7) is 2.08. The van der Waals surface area contributed by atoms with Crippen LogP contribution in [0.25, 0.3) is 0 Å². The molecule has 2 aromatic rings. The van der Waals surface area contributed by atoms with E-state index >= 15 is 0 Å². The van der Waals surface area contributed by atoms with Crippen LogP contribution in [0.1, 0.15) is 42.9 Å². The van der Waals surface area contributed by atoms with Crippen LogP contribution < -0.4 is 5.32 Å². The van der Waals surface area contributed by atoms with Crippen molar-refractivity contribution in [3.63, 3.8) is 0 Å². The van der Waals surface area contributed by atoms with Crippen molar-refractivity contribution < 1.29 is 4.39 Å². The van der Waals surface area contributed by atoms with Crippen molar-refractivity contribution in [2.24, 2.45) is 0 Å². The summed E-state index contributed by atoms with van der Waals surface area (Å²) < 4.78 is 13.2. The van der Waals surface area contributed by atoms with E-state index < -0.39 is 0 Å². The Balaban J connectivity index is 1.56. The van der Waals surface area contributed by atoms with Gasteiger partial charge in [0.25, 0.3) is 0 Å². The maximum absolute atomic E-state index is 13.2. The topological polar surface area (TPSA) is 12.0 Å². The maximum Gasteiger partial charge on any atom is 0.123 e. The van der Waals surface area contributed by atoms with Crippen LogP contribution in [-0.4, -0.2) is 6.04 Å². The second-order valence-corrected chi connectivity index (χ2v) is 6.24. The molecule has 0 aliphatic heterocycles. The summed E-state index contributed by atoms with van der Waals surface area (Å²) in [5.74, 6) is 0.361. The minimum absolute atomic E-state index is 0.165.